The maximum absolute atomic E-state index is 2.62. The van der Waals surface area contributed by atoms with E-state index in [1.54, 1.807) is 0 Å². The summed E-state index contributed by atoms with van der Waals surface area (Å²) in [6, 6.07) is 71.7. The van der Waals surface area contributed by atoms with Gasteiger partial charge in [-0.1, -0.05) is 179 Å². The van der Waals surface area contributed by atoms with Gasteiger partial charge in [0.2, 0.25) is 0 Å². The Morgan fingerprint density at radius 1 is 0.371 bits per heavy atom. The molecule has 11 rings (SSSR count). The van der Waals surface area contributed by atoms with Crippen molar-refractivity contribution < 1.29 is 0 Å². The summed E-state index contributed by atoms with van der Waals surface area (Å²) in [5.74, 6) is 0. The molecule has 1 nitrogen and oxygen atoms in total. The van der Waals surface area contributed by atoms with Gasteiger partial charge in [0.25, 0.3) is 0 Å². The molecule has 3 aliphatic rings. The van der Waals surface area contributed by atoms with E-state index in [0.717, 1.165) is 18.5 Å². The molecule has 0 spiro atoms. The summed E-state index contributed by atoms with van der Waals surface area (Å²) >= 11 is 0. The molecule has 0 radical (unpaired) electrons. The second-order valence-electron chi connectivity index (χ2n) is 19.4. The standard InChI is InChI=1S/C61H55N/c1-59(2)35-36-60(3,4)56-38-45(33-34-54(56)59)51-40-52-49-31-19-20-32-53(49)61(46-25-11-6-12-26-46,47-27-13-7-14-28-47)55(52)41-58(51)62(48-29-15-8-16-30-48)57-39-44-24-18-17-23-43(44)37-50(57)42-21-9-5-10-22-42/h5-16,19-22,25-34,37-41H,17-18,23-24,35-36H2,1-4H3. The topological polar surface area (TPSA) is 3.24 Å². The third kappa shape index (κ3) is 6.11. The maximum Gasteiger partial charge on any atom is 0.0714 e. The van der Waals surface area contributed by atoms with Crippen LogP contribution in [-0.2, 0) is 29.1 Å². The van der Waals surface area contributed by atoms with Crippen molar-refractivity contribution in [2.75, 3.05) is 4.90 Å². The van der Waals surface area contributed by atoms with E-state index in [2.05, 4.69) is 221 Å². The predicted octanol–water partition coefficient (Wildman–Crippen LogP) is 16.1. The third-order valence-corrected chi connectivity index (χ3v) is 14.8. The van der Waals surface area contributed by atoms with Gasteiger partial charge in [-0.15, -0.1) is 0 Å². The Kier molecular flexibility index (Phi) is 9.24. The predicted molar refractivity (Wildman–Crippen MR) is 261 cm³/mol. The fourth-order valence-corrected chi connectivity index (χ4v) is 11.4. The number of aryl methyl sites for hydroxylation is 2. The third-order valence-electron chi connectivity index (χ3n) is 14.8. The van der Waals surface area contributed by atoms with Crippen molar-refractivity contribution in [3.8, 4) is 33.4 Å². The van der Waals surface area contributed by atoms with E-state index in [9.17, 15) is 0 Å². The second-order valence-corrected chi connectivity index (χ2v) is 19.4. The van der Waals surface area contributed by atoms with Gasteiger partial charge in [-0.05, 0) is 153 Å². The summed E-state index contributed by atoms with van der Waals surface area (Å²) in [6.07, 6.45) is 7.06. The summed E-state index contributed by atoms with van der Waals surface area (Å²) in [6.45, 7) is 9.77. The maximum atomic E-state index is 2.62. The van der Waals surface area contributed by atoms with Crippen LogP contribution in [0.3, 0.4) is 0 Å². The Balaban J connectivity index is 1.29. The van der Waals surface area contributed by atoms with Gasteiger partial charge in [-0.3, -0.25) is 0 Å². The lowest BCUT2D eigenvalue weighted by molar-refractivity contribution is 0.332. The number of anilines is 3. The Labute approximate surface area is 368 Å². The fraction of sp³-hybridized carbons (Fsp3) is 0.213. The molecule has 0 aromatic heterocycles. The van der Waals surface area contributed by atoms with Crippen molar-refractivity contribution in [1.29, 1.82) is 0 Å². The summed E-state index contributed by atoms with van der Waals surface area (Å²) in [5.41, 5.74) is 22.0. The molecule has 0 saturated heterocycles. The molecule has 0 aliphatic heterocycles. The molecule has 304 valence electrons. The van der Waals surface area contributed by atoms with E-state index in [1.165, 1.54) is 115 Å². The highest BCUT2D eigenvalue weighted by Gasteiger charge is 2.47. The highest BCUT2D eigenvalue weighted by atomic mass is 15.1. The number of rotatable bonds is 7. The van der Waals surface area contributed by atoms with Gasteiger partial charge in [-0.25, -0.2) is 0 Å². The minimum absolute atomic E-state index is 0.0677. The van der Waals surface area contributed by atoms with Gasteiger partial charge in [0.15, 0.2) is 0 Å². The normalized spacial score (nSPS) is 16.4. The Bertz CT molecular complexity index is 2900. The highest BCUT2D eigenvalue weighted by Crippen LogP contribution is 2.60. The van der Waals surface area contributed by atoms with E-state index in [-0.39, 0.29) is 10.8 Å². The van der Waals surface area contributed by atoms with Crippen molar-refractivity contribution >= 4 is 17.1 Å². The van der Waals surface area contributed by atoms with Gasteiger partial charge < -0.3 is 4.90 Å². The average Bonchev–Trinajstić information content (AvgIpc) is 3.61. The molecule has 1 heteroatoms. The smallest absolute Gasteiger partial charge is 0.0714 e. The molecule has 0 fully saturated rings. The Hall–Kier alpha value is -6.44. The monoisotopic (exact) mass is 801 g/mol. The molecule has 0 saturated carbocycles. The number of fused-ring (bicyclic) bond motifs is 5. The molecule has 0 heterocycles. The van der Waals surface area contributed by atoms with Crippen molar-refractivity contribution in [2.24, 2.45) is 0 Å². The molecular weight excluding hydrogens is 747 g/mol. The quantitative estimate of drug-likeness (QED) is 0.155. The van der Waals surface area contributed by atoms with Gasteiger partial charge in [-0.2, -0.15) is 0 Å². The molecule has 0 unspecified atom stereocenters. The first-order valence-corrected chi connectivity index (χ1v) is 22.9. The van der Waals surface area contributed by atoms with Crippen LogP contribution in [0.5, 0.6) is 0 Å². The van der Waals surface area contributed by atoms with Crippen molar-refractivity contribution in [2.45, 2.75) is 82.5 Å². The van der Waals surface area contributed by atoms with E-state index < -0.39 is 5.41 Å². The molecule has 0 bridgehead atoms. The van der Waals surface area contributed by atoms with Crippen LogP contribution in [0.1, 0.15) is 97.9 Å². The van der Waals surface area contributed by atoms with Crippen LogP contribution in [0.15, 0.2) is 188 Å². The number of hydrogen-bond acceptors (Lipinski definition) is 1. The van der Waals surface area contributed by atoms with E-state index in [1.807, 2.05) is 0 Å². The zero-order valence-electron chi connectivity index (χ0n) is 36.6. The molecule has 8 aromatic carbocycles. The summed E-state index contributed by atoms with van der Waals surface area (Å²) in [5, 5.41) is 0. The second kappa shape index (κ2) is 14.9. The van der Waals surface area contributed by atoms with Crippen LogP contribution in [0.4, 0.5) is 17.1 Å². The van der Waals surface area contributed by atoms with E-state index in [0.29, 0.717) is 0 Å². The first-order chi connectivity index (χ1) is 30.2. The largest absolute Gasteiger partial charge is 0.309 e. The fourth-order valence-electron chi connectivity index (χ4n) is 11.4. The van der Waals surface area contributed by atoms with Gasteiger partial charge >= 0.3 is 0 Å². The lowest BCUT2D eigenvalue weighted by Gasteiger charge is -2.42. The van der Waals surface area contributed by atoms with Crippen molar-refractivity contribution in [3.05, 3.63) is 233 Å². The molecule has 3 aliphatic carbocycles. The van der Waals surface area contributed by atoms with Crippen molar-refractivity contribution in [3.63, 3.8) is 0 Å². The van der Waals surface area contributed by atoms with Gasteiger partial charge in [0.1, 0.15) is 0 Å². The van der Waals surface area contributed by atoms with Crippen LogP contribution >= 0.6 is 0 Å². The Morgan fingerprint density at radius 3 is 1.56 bits per heavy atom. The van der Waals surface area contributed by atoms with E-state index >= 15 is 0 Å². The highest BCUT2D eigenvalue weighted by molar-refractivity contribution is 5.99. The molecule has 8 aromatic rings. The zero-order chi connectivity index (χ0) is 42.1. The lowest BCUT2D eigenvalue weighted by atomic mass is 9.63. The molecule has 62 heavy (non-hydrogen) atoms. The van der Waals surface area contributed by atoms with Crippen molar-refractivity contribution in [1.82, 2.24) is 0 Å². The molecular formula is C61H55N. The Morgan fingerprint density at radius 2 is 0.903 bits per heavy atom. The number of hydrogen-bond donors (Lipinski definition) is 0. The summed E-state index contributed by atoms with van der Waals surface area (Å²) < 4.78 is 0. The average molecular weight is 802 g/mol. The minimum Gasteiger partial charge on any atom is -0.309 e. The minimum atomic E-state index is -0.538. The van der Waals surface area contributed by atoms with Gasteiger partial charge in [0, 0.05) is 16.8 Å². The number of benzene rings is 8. The zero-order valence-corrected chi connectivity index (χ0v) is 36.6. The van der Waals surface area contributed by atoms with Crippen LogP contribution in [0, 0.1) is 0 Å². The van der Waals surface area contributed by atoms with E-state index in [4.69, 9.17) is 0 Å². The van der Waals surface area contributed by atoms with Gasteiger partial charge in [0.05, 0.1) is 16.8 Å². The van der Waals surface area contributed by atoms with Crippen LogP contribution < -0.4 is 4.90 Å². The first-order valence-electron chi connectivity index (χ1n) is 22.9. The van der Waals surface area contributed by atoms with Crippen LogP contribution in [-0.4, -0.2) is 0 Å². The SMILES string of the molecule is CC1(C)CCC(C)(C)c2cc(-c3cc4c(cc3N(c3ccccc3)c3cc5c(cc3-c3ccccc3)CCCC5)C(c3ccccc3)(c3ccccc3)c3ccccc3-4)ccc21. The summed E-state index contributed by atoms with van der Waals surface area (Å²) in [4.78, 5) is 2.62. The molecule has 0 N–H and O–H groups in total. The van der Waals surface area contributed by atoms with Crippen LogP contribution in [0.2, 0.25) is 0 Å². The summed E-state index contributed by atoms with van der Waals surface area (Å²) in [7, 11) is 0. The number of para-hydroxylation sites is 1. The lowest BCUT2D eigenvalue weighted by Crippen LogP contribution is -2.33. The van der Waals surface area contributed by atoms with Crippen LogP contribution in [0.25, 0.3) is 33.4 Å². The number of nitrogens with zero attached hydrogens (tertiary/aromatic N) is 1. The molecule has 0 atom stereocenters. The first kappa shape index (κ1) is 38.5. The molecule has 0 amide bonds.